The van der Waals surface area contributed by atoms with Crippen LogP contribution in [0.4, 0.5) is 0 Å². The zero-order chi connectivity index (χ0) is 26.3. The van der Waals surface area contributed by atoms with Crippen molar-refractivity contribution in [2.24, 2.45) is 0 Å². The van der Waals surface area contributed by atoms with Crippen molar-refractivity contribution in [3.63, 3.8) is 0 Å². The van der Waals surface area contributed by atoms with Gasteiger partial charge in [-0.3, -0.25) is 5.41 Å². The van der Waals surface area contributed by atoms with E-state index < -0.39 is 0 Å². The maximum atomic E-state index is 9.37. The average molecular weight is 502 g/mol. The van der Waals surface area contributed by atoms with E-state index in [9.17, 15) is 5.41 Å². The summed E-state index contributed by atoms with van der Waals surface area (Å²) in [6, 6.07) is 44.6. The van der Waals surface area contributed by atoms with Crippen molar-refractivity contribution in [1.82, 2.24) is 9.88 Å². The number of rotatable bonds is 5. The molecule has 0 bridgehead atoms. The van der Waals surface area contributed by atoms with Gasteiger partial charge in [-0.05, 0) is 46.0 Å². The van der Waals surface area contributed by atoms with E-state index >= 15 is 0 Å². The summed E-state index contributed by atoms with van der Waals surface area (Å²) in [7, 11) is 1.89. The first kappa shape index (κ1) is 23.0. The monoisotopic (exact) mass is 501 g/mol. The molecule has 1 heterocycles. The van der Waals surface area contributed by atoms with Gasteiger partial charge < -0.3 is 9.88 Å². The first-order valence-electron chi connectivity index (χ1n) is 13.2. The number of benzene rings is 6. The molecule has 0 aliphatic carbocycles. The van der Waals surface area contributed by atoms with Crippen LogP contribution in [0.2, 0.25) is 0 Å². The minimum atomic E-state index is 0.490. The van der Waals surface area contributed by atoms with E-state index in [2.05, 4.69) is 137 Å². The molecule has 39 heavy (non-hydrogen) atoms. The highest BCUT2D eigenvalue weighted by atomic mass is 15.0. The van der Waals surface area contributed by atoms with Crippen LogP contribution in [0.25, 0.3) is 54.6 Å². The van der Waals surface area contributed by atoms with E-state index in [1.807, 2.05) is 13.2 Å². The Kier molecular flexibility index (Phi) is 5.49. The summed E-state index contributed by atoms with van der Waals surface area (Å²) in [6.45, 7) is 0. The van der Waals surface area contributed by atoms with Crippen LogP contribution in [0.15, 0.2) is 134 Å². The average Bonchev–Trinajstić information content (AvgIpc) is 3.34. The standard InChI is InChI=1S/C36H27N3/c1-38-23-33(30-17-9-12-24-10-5-7-15-28(24)30)35(37)26-19-21-34-32(22-26)31-20-18-25-11-6-8-16-29(25)36(31)39(34)27-13-3-2-4-14-27/h2-23,37-38H,1H3/b33-23-,37-35?. The molecule has 0 amide bonds. The third kappa shape index (κ3) is 3.71. The zero-order valence-corrected chi connectivity index (χ0v) is 21.6. The lowest BCUT2D eigenvalue weighted by atomic mass is 9.92. The highest BCUT2D eigenvalue weighted by molar-refractivity contribution is 6.33. The van der Waals surface area contributed by atoms with E-state index in [4.69, 9.17) is 0 Å². The molecule has 6 aromatic carbocycles. The Balaban J connectivity index is 1.47. The van der Waals surface area contributed by atoms with Crippen molar-refractivity contribution in [3.8, 4) is 5.69 Å². The van der Waals surface area contributed by atoms with Gasteiger partial charge in [-0.15, -0.1) is 0 Å². The largest absolute Gasteiger partial charge is 0.393 e. The Hall–Kier alpha value is -5.15. The Morgan fingerprint density at radius 2 is 1.33 bits per heavy atom. The van der Waals surface area contributed by atoms with E-state index in [-0.39, 0.29) is 0 Å². The van der Waals surface area contributed by atoms with Crippen molar-refractivity contribution >= 4 is 54.6 Å². The fraction of sp³-hybridized carbons (Fsp3) is 0.0278. The van der Waals surface area contributed by atoms with Gasteiger partial charge in [0.1, 0.15) is 0 Å². The number of fused-ring (bicyclic) bond motifs is 6. The van der Waals surface area contributed by atoms with Gasteiger partial charge in [0.15, 0.2) is 0 Å². The lowest BCUT2D eigenvalue weighted by Gasteiger charge is -2.14. The van der Waals surface area contributed by atoms with Crippen molar-refractivity contribution in [1.29, 1.82) is 5.41 Å². The second kappa shape index (κ2) is 9.30. The molecule has 7 aromatic rings. The fourth-order valence-electron chi connectivity index (χ4n) is 5.83. The number of hydrogen-bond acceptors (Lipinski definition) is 2. The minimum absolute atomic E-state index is 0.490. The van der Waals surface area contributed by atoms with Crippen LogP contribution in [0.3, 0.4) is 0 Å². The van der Waals surface area contributed by atoms with Gasteiger partial charge >= 0.3 is 0 Å². The number of aromatic nitrogens is 1. The van der Waals surface area contributed by atoms with E-state index in [0.717, 1.165) is 44.1 Å². The molecule has 0 aliphatic rings. The summed E-state index contributed by atoms with van der Waals surface area (Å²) in [5, 5.41) is 19.6. The molecule has 3 nitrogen and oxygen atoms in total. The van der Waals surface area contributed by atoms with Crippen LogP contribution in [0.1, 0.15) is 11.1 Å². The molecule has 1 aromatic heterocycles. The maximum Gasteiger partial charge on any atom is 0.0705 e. The zero-order valence-electron chi connectivity index (χ0n) is 21.6. The molecule has 7 rings (SSSR count). The van der Waals surface area contributed by atoms with Gasteiger partial charge in [0.05, 0.1) is 16.7 Å². The number of hydrogen-bond donors (Lipinski definition) is 2. The van der Waals surface area contributed by atoms with Crippen LogP contribution < -0.4 is 5.32 Å². The van der Waals surface area contributed by atoms with Crippen LogP contribution >= 0.6 is 0 Å². The third-order valence-electron chi connectivity index (χ3n) is 7.59. The van der Waals surface area contributed by atoms with Crippen molar-refractivity contribution in [2.45, 2.75) is 0 Å². The molecule has 186 valence electrons. The maximum absolute atomic E-state index is 9.37. The molecular formula is C36H27N3. The summed E-state index contributed by atoms with van der Waals surface area (Å²) in [5.41, 5.74) is 6.74. The quantitative estimate of drug-likeness (QED) is 0.228. The molecule has 0 radical (unpaired) electrons. The highest BCUT2D eigenvalue weighted by Gasteiger charge is 2.18. The molecule has 0 atom stereocenters. The summed E-state index contributed by atoms with van der Waals surface area (Å²) in [6.07, 6.45) is 1.94. The number of allylic oxidation sites excluding steroid dienone is 1. The Morgan fingerprint density at radius 3 is 2.13 bits per heavy atom. The van der Waals surface area contributed by atoms with Crippen LogP contribution in [0, 0.1) is 5.41 Å². The van der Waals surface area contributed by atoms with Gasteiger partial charge in [-0.2, -0.15) is 0 Å². The third-order valence-corrected chi connectivity index (χ3v) is 7.59. The lowest BCUT2D eigenvalue weighted by molar-refractivity contribution is 1.11. The predicted octanol–water partition coefficient (Wildman–Crippen LogP) is 8.72. The van der Waals surface area contributed by atoms with Crippen LogP contribution in [0.5, 0.6) is 0 Å². The summed E-state index contributed by atoms with van der Waals surface area (Å²) in [4.78, 5) is 0. The molecule has 0 saturated heterocycles. The molecule has 3 heteroatoms. The minimum Gasteiger partial charge on any atom is -0.393 e. The molecule has 2 N–H and O–H groups in total. The fourth-order valence-corrected chi connectivity index (χ4v) is 5.83. The molecular weight excluding hydrogens is 474 g/mol. The first-order valence-corrected chi connectivity index (χ1v) is 13.2. The first-order chi connectivity index (χ1) is 19.2. The number of nitrogens with one attached hydrogen (secondary N) is 2. The second-order valence-electron chi connectivity index (χ2n) is 9.83. The second-order valence-corrected chi connectivity index (χ2v) is 9.83. The highest BCUT2D eigenvalue weighted by Crippen LogP contribution is 2.37. The Bertz CT molecular complexity index is 2060. The van der Waals surface area contributed by atoms with Gasteiger partial charge in [0.2, 0.25) is 0 Å². The van der Waals surface area contributed by atoms with Gasteiger partial charge in [-0.25, -0.2) is 0 Å². The van der Waals surface area contributed by atoms with Crippen molar-refractivity contribution in [3.05, 3.63) is 145 Å². The SMILES string of the molecule is CN/C=C(\C(=N)c1ccc2c(c1)c1ccc3ccccc3c1n2-c1ccccc1)c1cccc2ccccc12. The molecule has 0 aliphatic heterocycles. The Morgan fingerprint density at radius 1 is 0.641 bits per heavy atom. The van der Waals surface area contributed by atoms with E-state index in [0.29, 0.717) is 5.71 Å². The number of nitrogens with zero attached hydrogens (tertiary/aromatic N) is 1. The molecule has 0 saturated carbocycles. The summed E-state index contributed by atoms with van der Waals surface area (Å²) in [5.74, 6) is 0. The smallest absolute Gasteiger partial charge is 0.0705 e. The lowest BCUT2D eigenvalue weighted by Crippen LogP contribution is -2.07. The predicted molar refractivity (Wildman–Crippen MR) is 166 cm³/mol. The van der Waals surface area contributed by atoms with Gasteiger partial charge in [-0.1, -0.05) is 103 Å². The van der Waals surface area contributed by atoms with Gasteiger partial charge in [0.25, 0.3) is 0 Å². The van der Waals surface area contributed by atoms with E-state index in [1.165, 1.54) is 21.7 Å². The molecule has 0 unspecified atom stereocenters. The van der Waals surface area contributed by atoms with Crippen molar-refractivity contribution < 1.29 is 0 Å². The summed E-state index contributed by atoms with van der Waals surface area (Å²) < 4.78 is 2.36. The van der Waals surface area contributed by atoms with Crippen LogP contribution in [-0.2, 0) is 0 Å². The number of para-hydroxylation sites is 1. The van der Waals surface area contributed by atoms with E-state index in [1.54, 1.807) is 0 Å². The van der Waals surface area contributed by atoms with Crippen molar-refractivity contribution in [2.75, 3.05) is 7.05 Å². The normalized spacial score (nSPS) is 12.0. The molecule has 0 fully saturated rings. The topological polar surface area (TPSA) is 40.8 Å². The molecule has 0 spiro atoms. The summed E-state index contributed by atoms with van der Waals surface area (Å²) >= 11 is 0. The van der Waals surface area contributed by atoms with Gasteiger partial charge in [0, 0.05) is 46.2 Å². The Labute approximate surface area is 227 Å². The van der Waals surface area contributed by atoms with Crippen LogP contribution in [-0.4, -0.2) is 17.3 Å².